The lowest BCUT2D eigenvalue weighted by atomic mass is 10.3. The third-order valence-corrected chi connectivity index (χ3v) is 1.03. The quantitative estimate of drug-likeness (QED) is 0.567. The summed E-state index contributed by atoms with van der Waals surface area (Å²) in [4.78, 5) is 10.2. The highest BCUT2D eigenvalue weighted by atomic mass is 16.4. The summed E-state index contributed by atoms with van der Waals surface area (Å²) in [6.45, 7) is 7.63. The Hall–Kier alpha value is -0.830. The van der Waals surface area contributed by atoms with Crippen molar-refractivity contribution in [3.8, 4) is 0 Å². The average Bonchev–Trinajstić information content (AvgIpc) is 1.82. The second-order valence-corrected chi connectivity index (χ2v) is 2.44. The summed E-state index contributed by atoms with van der Waals surface area (Å²) in [5.74, 6) is -0.937. The van der Waals surface area contributed by atoms with Crippen molar-refractivity contribution in [2.24, 2.45) is 0 Å². The lowest BCUT2D eigenvalue weighted by molar-refractivity contribution is -0.132. The van der Waals surface area contributed by atoms with Gasteiger partial charge >= 0.3 is 5.97 Å². The van der Waals surface area contributed by atoms with Crippen molar-refractivity contribution in [2.75, 3.05) is 6.54 Å². The number of hydrogen-bond donors (Lipinski definition) is 2. The summed E-state index contributed by atoms with van der Waals surface area (Å²) in [6, 6.07) is 0.302. The SMILES string of the molecule is C=C(CNC(C)C)C(=O)O. The van der Waals surface area contributed by atoms with Gasteiger partial charge in [-0.15, -0.1) is 0 Å². The van der Waals surface area contributed by atoms with E-state index in [2.05, 4.69) is 11.9 Å². The van der Waals surface area contributed by atoms with Crippen LogP contribution in [0.1, 0.15) is 13.8 Å². The Morgan fingerprint density at radius 3 is 2.50 bits per heavy atom. The molecule has 3 nitrogen and oxygen atoms in total. The lowest BCUT2D eigenvalue weighted by Gasteiger charge is -2.06. The minimum Gasteiger partial charge on any atom is -0.478 e. The minimum atomic E-state index is -0.937. The second kappa shape index (κ2) is 4.06. The zero-order valence-electron chi connectivity index (χ0n) is 6.35. The van der Waals surface area contributed by atoms with Gasteiger partial charge < -0.3 is 10.4 Å². The molecule has 0 aliphatic heterocycles. The zero-order chi connectivity index (χ0) is 8.15. The summed E-state index contributed by atoms with van der Waals surface area (Å²) in [7, 11) is 0. The molecule has 58 valence electrons. The maximum Gasteiger partial charge on any atom is 0.332 e. The van der Waals surface area contributed by atoms with Crippen LogP contribution in [0.3, 0.4) is 0 Å². The molecule has 3 heteroatoms. The average molecular weight is 143 g/mol. The number of rotatable bonds is 4. The molecule has 0 aliphatic carbocycles. The van der Waals surface area contributed by atoms with Crippen LogP contribution in [0, 0.1) is 0 Å². The van der Waals surface area contributed by atoms with E-state index in [1.165, 1.54) is 0 Å². The third-order valence-electron chi connectivity index (χ3n) is 1.03. The van der Waals surface area contributed by atoms with Crippen LogP contribution in [-0.4, -0.2) is 23.7 Å². The minimum absolute atomic E-state index is 0.203. The first-order valence-electron chi connectivity index (χ1n) is 3.18. The normalized spacial score (nSPS) is 9.90. The van der Waals surface area contributed by atoms with Crippen molar-refractivity contribution < 1.29 is 9.90 Å². The van der Waals surface area contributed by atoms with Crippen LogP contribution in [0.4, 0.5) is 0 Å². The predicted molar refractivity (Wildman–Crippen MR) is 39.9 cm³/mol. The topological polar surface area (TPSA) is 49.3 Å². The molecule has 0 aliphatic rings. The highest BCUT2D eigenvalue weighted by Gasteiger charge is 2.02. The largest absolute Gasteiger partial charge is 0.478 e. The fraction of sp³-hybridized carbons (Fsp3) is 0.571. The van der Waals surface area contributed by atoms with Crippen LogP contribution in [0.25, 0.3) is 0 Å². The van der Waals surface area contributed by atoms with E-state index in [0.29, 0.717) is 12.6 Å². The molecular formula is C7H13NO2. The lowest BCUT2D eigenvalue weighted by Crippen LogP contribution is -2.26. The van der Waals surface area contributed by atoms with Crippen LogP contribution in [0.2, 0.25) is 0 Å². The molecule has 0 fully saturated rings. The van der Waals surface area contributed by atoms with Crippen molar-refractivity contribution in [1.29, 1.82) is 0 Å². The molecule has 0 radical (unpaired) electrons. The summed E-state index contributed by atoms with van der Waals surface area (Å²) >= 11 is 0. The van der Waals surface area contributed by atoms with E-state index < -0.39 is 5.97 Å². The van der Waals surface area contributed by atoms with Gasteiger partial charge in [0.2, 0.25) is 0 Å². The maximum absolute atomic E-state index is 10.2. The number of carbonyl (C=O) groups is 1. The first kappa shape index (κ1) is 9.17. The highest BCUT2D eigenvalue weighted by molar-refractivity contribution is 5.86. The first-order valence-corrected chi connectivity index (χ1v) is 3.18. The van der Waals surface area contributed by atoms with Gasteiger partial charge in [-0.2, -0.15) is 0 Å². The van der Waals surface area contributed by atoms with Crippen molar-refractivity contribution in [3.63, 3.8) is 0 Å². The van der Waals surface area contributed by atoms with Gasteiger partial charge in [0.05, 0.1) is 0 Å². The zero-order valence-corrected chi connectivity index (χ0v) is 6.35. The summed E-state index contributed by atoms with van der Waals surface area (Å²) in [5, 5.41) is 11.3. The number of carboxylic acids is 1. The fourth-order valence-corrected chi connectivity index (χ4v) is 0.403. The van der Waals surface area contributed by atoms with Crippen LogP contribution in [0.15, 0.2) is 12.2 Å². The molecule has 0 unspecified atom stereocenters. The third kappa shape index (κ3) is 4.09. The van der Waals surface area contributed by atoms with Crippen LogP contribution in [-0.2, 0) is 4.79 Å². The molecule has 2 N–H and O–H groups in total. The molecule has 0 saturated heterocycles. The summed E-state index contributed by atoms with van der Waals surface area (Å²) in [5.41, 5.74) is 0.203. The molecular weight excluding hydrogens is 130 g/mol. The molecule has 0 spiro atoms. The summed E-state index contributed by atoms with van der Waals surface area (Å²) in [6.07, 6.45) is 0. The van der Waals surface area contributed by atoms with Gasteiger partial charge in [-0.25, -0.2) is 4.79 Å². The van der Waals surface area contributed by atoms with Crippen molar-refractivity contribution >= 4 is 5.97 Å². The van der Waals surface area contributed by atoms with E-state index in [1.807, 2.05) is 13.8 Å². The Morgan fingerprint density at radius 1 is 1.70 bits per heavy atom. The Bertz CT molecular complexity index is 141. The van der Waals surface area contributed by atoms with Crippen molar-refractivity contribution in [1.82, 2.24) is 5.32 Å². The molecule has 0 saturated carbocycles. The monoisotopic (exact) mass is 143 g/mol. The van der Waals surface area contributed by atoms with Crippen molar-refractivity contribution in [3.05, 3.63) is 12.2 Å². The van der Waals surface area contributed by atoms with Gasteiger partial charge in [0.25, 0.3) is 0 Å². The molecule has 0 aromatic heterocycles. The van der Waals surface area contributed by atoms with Gasteiger partial charge in [-0.1, -0.05) is 20.4 Å². The fourth-order valence-electron chi connectivity index (χ4n) is 0.403. The Morgan fingerprint density at radius 2 is 2.20 bits per heavy atom. The van der Waals surface area contributed by atoms with E-state index in [0.717, 1.165) is 0 Å². The number of carboxylic acid groups (broad SMARTS) is 1. The van der Waals surface area contributed by atoms with Crippen LogP contribution >= 0.6 is 0 Å². The van der Waals surface area contributed by atoms with Gasteiger partial charge in [0, 0.05) is 18.2 Å². The maximum atomic E-state index is 10.2. The van der Waals surface area contributed by atoms with Crippen molar-refractivity contribution in [2.45, 2.75) is 19.9 Å². The van der Waals surface area contributed by atoms with E-state index >= 15 is 0 Å². The standard InChI is InChI=1S/C7H13NO2/c1-5(2)8-4-6(3)7(9)10/h5,8H,3-4H2,1-2H3,(H,9,10). The van der Waals surface area contributed by atoms with Crippen LogP contribution < -0.4 is 5.32 Å². The van der Waals surface area contributed by atoms with Gasteiger partial charge in [-0.3, -0.25) is 0 Å². The van der Waals surface area contributed by atoms with Crippen LogP contribution in [0.5, 0.6) is 0 Å². The van der Waals surface area contributed by atoms with Gasteiger partial charge in [0.1, 0.15) is 0 Å². The smallest absolute Gasteiger partial charge is 0.332 e. The Kier molecular flexibility index (Phi) is 3.72. The van der Waals surface area contributed by atoms with E-state index in [9.17, 15) is 4.79 Å². The number of nitrogens with one attached hydrogen (secondary N) is 1. The first-order chi connectivity index (χ1) is 4.54. The molecule has 0 aromatic rings. The number of hydrogen-bond acceptors (Lipinski definition) is 2. The molecule has 10 heavy (non-hydrogen) atoms. The van der Waals surface area contributed by atoms with E-state index in [-0.39, 0.29) is 5.57 Å². The Balaban J connectivity index is 3.50. The molecule has 0 rings (SSSR count). The van der Waals surface area contributed by atoms with Gasteiger partial charge in [-0.05, 0) is 0 Å². The molecule has 0 atom stereocenters. The highest BCUT2D eigenvalue weighted by Crippen LogP contribution is 1.87. The predicted octanol–water partition coefficient (Wildman–Crippen LogP) is 0.625. The van der Waals surface area contributed by atoms with Gasteiger partial charge in [0.15, 0.2) is 0 Å². The van der Waals surface area contributed by atoms with E-state index in [4.69, 9.17) is 5.11 Å². The van der Waals surface area contributed by atoms with E-state index in [1.54, 1.807) is 0 Å². The number of aliphatic carboxylic acids is 1. The Labute approximate surface area is 60.7 Å². The molecule has 0 aromatic carbocycles. The molecule has 0 heterocycles. The summed E-state index contributed by atoms with van der Waals surface area (Å²) < 4.78 is 0. The molecule has 0 amide bonds. The molecule has 0 bridgehead atoms. The second-order valence-electron chi connectivity index (χ2n) is 2.44.